The predicted molar refractivity (Wildman–Crippen MR) is 122 cm³/mol. The topological polar surface area (TPSA) is 142 Å². The molecule has 223 valence electrons. The van der Waals surface area contributed by atoms with Gasteiger partial charge in [0.25, 0.3) is 0 Å². The molecule has 0 unspecified atom stereocenters. The van der Waals surface area contributed by atoms with Gasteiger partial charge in [-0.25, -0.2) is 21.8 Å². The average Bonchev–Trinajstić information content (AvgIpc) is 3.10. The minimum atomic E-state index is -6.09. The molecule has 1 aliphatic rings. The first-order valence-electron chi connectivity index (χ1n) is 10.7. The van der Waals surface area contributed by atoms with Crippen molar-refractivity contribution in [3.05, 3.63) is 30.1 Å². The van der Waals surface area contributed by atoms with Gasteiger partial charge in [-0.2, -0.15) is 26.3 Å². The molecular weight excluding hydrogens is 628 g/mol. The summed E-state index contributed by atoms with van der Waals surface area (Å²) in [6.45, 7) is 7.68. The van der Waals surface area contributed by atoms with Crippen molar-refractivity contribution in [3.63, 3.8) is 0 Å². The monoisotopic (exact) mass is 655 g/mol. The average molecular weight is 655 g/mol. The zero-order chi connectivity index (χ0) is 29.5. The van der Waals surface area contributed by atoms with Crippen molar-refractivity contribution in [1.29, 1.82) is 0 Å². The van der Waals surface area contributed by atoms with Crippen molar-refractivity contribution in [1.82, 2.24) is 24.3 Å². The summed E-state index contributed by atoms with van der Waals surface area (Å²) in [6, 6.07) is 8.38. The van der Waals surface area contributed by atoms with Crippen LogP contribution < -0.4 is 0 Å². The number of halogens is 6. The van der Waals surface area contributed by atoms with Gasteiger partial charge in [0.1, 0.15) is 5.82 Å². The molecule has 0 atom stereocenters. The number of rotatable bonds is 2. The molecule has 11 nitrogen and oxygen atoms in total. The van der Waals surface area contributed by atoms with Gasteiger partial charge in [0.05, 0.1) is 17.6 Å². The van der Waals surface area contributed by atoms with Crippen LogP contribution in [0.5, 0.6) is 0 Å². The van der Waals surface area contributed by atoms with E-state index in [1.54, 1.807) is 0 Å². The van der Waals surface area contributed by atoms with Crippen LogP contribution in [0.1, 0.15) is 5.82 Å². The molecule has 1 saturated heterocycles. The first kappa shape index (κ1) is 37.5. The van der Waals surface area contributed by atoms with Gasteiger partial charge in [0.15, 0.2) is 20.2 Å². The third-order valence-corrected chi connectivity index (χ3v) is 6.40. The van der Waals surface area contributed by atoms with E-state index >= 15 is 0 Å². The summed E-state index contributed by atoms with van der Waals surface area (Å²) < 4.78 is 120. The Morgan fingerprint density at radius 2 is 1.13 bits per heavy atom. The summed E-state index contributed by atoms with van der Waals surface area (Å²) >= 11 is 0. The van der Waals surface area contributed by atoms with Crippen LogP contribution in [0.4, 0.5) is 26.3 Å². The van der Waals surface area contributed by atoms with Crippen molar-refractivity contribution in [2.45, 2.75) is 17.6 Å². The van der Waals surface area contributed by atoms with E-state index in [2.05, 4.69) is 64.7 Å². The fourth-order valence-corrected chi connectivity index (χ4v) is 3.00. The van der Waals surface area contributed by atoms with E-state index < -0.39 is 31.3 Å². The number of hydrogen-bond acceptors (Lipinski definition) is 10. The normalized spacial score (nSPS) is 17.0. The number of benzene rings is 1. The van der Waals surface area contributed by atoms with Crippen LogP contribution in [0.15, 0.2) is 24.3 Å². The molecule has 39 heavy (non-hydrogen) atoms. The summed E-state index contributed by atoms with van der Waals surface area (Å²) in [5.74, 6) is 1.16. The molecule has 2 heterocycles. The van der Waals surface area contributed by atoms with E-state index in [0.717, 1.165) is 57.2 Å². The van der Waals surface area contributed by atoms with Gasteiger partial charge in [0, 0.05) is 46.3 Å². The molecule has 2 aromatic rings. The number of imidazole rings is 1. The zero-order valence-electron chi connectivity index (χ0n) is 20.9. The van der Waals surface area contributed by atoms with E-state index in [4.69, 9.17) is 30.9 Å². The second-order valence-electron chi connectivity index (χ2n) is 8.26. The maximum absolute atomic E-state index is 10.7. The molecule has 0 amide bonds. The number of hydrogen-bond donors (Lipinski definition) is 0. The van der Waals surface area contributed by atoms with Crippen LogP contribution in [0.3, 0.4) is 0 Å². The Labute approximate surface area is 232 Å². The molecule has 1 aliphatic heterocycles. The Bertz CT molecular complexity index is 1200. The standard InChI is InChI=1S/C17H27N5.2CHF3O3S.Fe/c1-19-8-9-20(2)11-13-22(12-10-19)14-17-18-15-6-4-5-7-16(15)21(17)3;2*2-1(3,4)8(5,6)7;/h4-7H,8-14H2,1-3H3;2*(H,5,6,7);/q;;;+5/p-2. The molecule has 1 fully saturated rings. The van der Waals surface area contributed by atoms with Gasteiger partial charge >= 0.3 is 28.1 Å². The van der Waals surface area contributed by atoms with Crippen molar-refractivity contribution in [3.8, 4) is 0 Å². The summed E-state index contributed by atoms with van der Waals surface area (Å²) in [7, 11) is -5.63. The summed E-state index contributed by atoms with van der Waals surface area (Å²) in [5.41, 5.74) is -8.98. The van der Waals surface area contributed by atoms with Crippen LogP contribution in [-0.2, 0) is 50.9 Å². The Kier molecular flexibility index (Phi) is 14.3. The van der Waals surface area contributed by atoms with Crippen molar-refractivity contribution in [2.75, 3.05) is 53.4 Å². The fraction of sp³-hybridized carbons (Fsp3) is 0.632. The molecule has 3 rings (SSSR count). The van der Waals surface area contributed by atoms with Gasteiger partial charge in [0.2, 0.25) is 0 Å². The molecule has 1 radical (unpaired) electrons. The predicted octanol–water partition coefficient (Wildman–Crippen LogP) is 1.35. The van der Waals surface area contributed by atoms with E-state index in [1.807, 2.05) is 0 Å². The summed E-state index contributed by atoms with van der Waals surface area (Å²) in [4.78, 5) is 12.2. The van der Waals surface area contributed by atoms with Gasteiger partial charge < -0.3 is 23.5 Å². The minimum Gasteiger partial charge on any atom is -0.741 e. The number of likely N-dealkylation sites (N-methyl/N-ethyl adjacent to an activating group) is 2. The van der Waals surface area contributed by atoms with Gasteiger partial charge in [-0.3, -0.25) is 4.90 Å². The molecule has 0 saturated carbocycles. The number of aryl methyl sites for hydroxylation is 1. The Morgan fingerprint density at radius 1 is 0.769 bits per heavy atom. The smallest absolute Gasteiger partial charge is 0.741 e. The number of nitrogens with zero attached hydrogens (tertiary/aromatic N) is 5. The fourth-order valence-electron chi connectivity index (χ4n) is 3.00. The van der Waals surface area contributed by atoms with E-state index in [0.29, 0.717) is 0 Å². The van der Waals surface area contributed by atoms with E-state index in [9.17, 15) is 26.3 Å². The maximum atomic E-state index is 10.7. The first-order valence-corrected chi connectivity index (χ1v) is 13.5. The number of alkyl halides is 6. The molecule has 0 bridgehead atoms. The summed E-state index contributed by atoms with van der Waals surface area (Å²) in [6.07, 6.45) is 0. The SMILES string of the molecule is CN1CCN(C)CCN(Cc2nc3ccccc3n2C)CC1.O=S(=O)([O-])C(F)(F)F.O=S(=O)([O-])C(F)(F)F.[Fe+5]. The van der Waals surface area contributed by atoms with Crippen LogP contribution in [0.25, 0.3) is 11.0 Å². The Morgan fingerprint density at radius 3 is 1.49 bits per heavy atom. The quantitative estimate of drug-likeness (QED) is 0.202. The van der Waals surface area contributed by atoms with Crippen molar-refractivity contribution >= 4 is 31.3 Å². The van der Waals surface area contributed by atoms with Crippen molar-refractivity contribution < 1.29 is 69.4 Å². The minimum absolute atomic E-state index is 0. The molecule has 20 heteroatoms. The van der Waals surface area contributed by atoms with Crippen molar-refractivity contribution in [2.24, 2.45) is 7.05 Å². The van der Waals surface area contributed by atoms with Crippen LogP contribution in [0.2, 0.25) is 0 Å². The molecule has 0 aliphatic carbocycles. The largest absolute Gasteiger partial charge is 5.00 e. The second kappa shape index (κ2) is 14.9. The van der Waals surface area contributed by atoms with E-state index in [1.165, 1.54) is 5.52 Å². The molecule has 1 aromatic carbocycles. The Hall–Kier alpha value is -1.51. The van der Waals surface area contributed by atoms with E-state index in [-0.39, 0.29) is 17.1 Å². The molecule has 0 spiro atoms. The number of para-hydroxylation sites is 2. The molecular formula is C19H27F6FeN5O6S2+3. The van der Waals surface area contributed by atoms with Crippen LogP contribution in [-0.4, -0.2) is 115 Å². The first-order chi connectivity index (χ1) is 17.1. The Balaban J connectivity index is 0.000000708. The van der Waals surface area contributed by atoms with Crippen LogP contribution in [0, 0.1) is 0 Å². The third kappa shape index (κ3) is 12.7. The van der Waals surface area contributed by atoms with Crippen LogP contribution >= 0.6 is 0 Å². The zero-order valence-corrected chi connectivity index (χ0v) is 23.6. The maximum Gasteiger partial charge on any atom is 5.00 e. The third-order valence-electron chi connectivity index (χ3n) is 5.27. The van der Waals surface area contributed by atoms with Gasteiger partial charge in [-0.1, -0.05) is 12.1 Å². The number of fused-ring (bicyclic) bond motifs is 1. The second-order valence-corrected chi connectivity index (χ2v) is 11.0. The van der Waals surface area contributed by atoms with Gasteiger partial charge in [-0.05, 0) is 26.2 Å². The summed E-state index contributed by atoms with van der Waals surface area (Å²) in [5, 5.41) is 0. The number of aromatic nitrogens is 2. The molecule has 1 aromatic heterocycles. The molecule has 0 N–H and O–H groups in total. The van der Waals surface area contributed by atoms with Gasteiger partial charge in [-0.15, -0.1) is 0 Å².